The van der Waals surface area contributed by atoms with E-state index in [9.17, 15) is 0 Å². The fourth-order valence-electron chi connectivity index (χ4n) is 2.45. The van der Waals surface area contributed by atoms with Gasteiger partial charge >= 0.3 is 0 Å². The molecular formula is C17H22S2. The third kappa shape index (κ3) is 3.43. The predicted molar refractivity (Wildman–Crippen MR) is 89.5 cm³/mol. The van der Waals surface area contributed by atoms with Gasteiger partial charge in [-0.2, -0.15) is 0 Å². The maximum Gasteiger partial charge on any atom is 0.0481 e. The largest absolute Gasteiger partial charge is 0.143 e. The summed E-state index contributed by atoms with van der Waals surface area (Å²) in [5.74, 6) is 0.646. The van der Waals surface area contributed by atoms with E-state index in [0.29, 0.717) is 5.92 Å². The molecule has 1 aromatic heterocycles. The molecule has 0 nitrogen and oxygen atoms in total. The van der Waals surface area contributed by atoms with Crippen LogP contribution in [-0.2, 0) is 0 Å². The Hall–Kier alpha value is -0.730. The lowest BCUT2D eigenvalue weighted by atomic mass is 9.91. The normalized spacial score (nSPS) is 12.6. The molecule has 0 aliphatic carbocycles. The van der Waals surface area contributed by atoms with E-state index in [1.54, 1.807) is 0 Å². The third-order valence-corrected chi connectivity index (χ3v) is 5.43. The summed E-state index contributed by atoms with van der Waals surface area (Å²) in [6, 6.07) is 11.2. The number of benzene rings is 1. The summed E-state index contributed by atoms with van der Waals surface area (Å²) in [5.41, 5.74) is 2.94. The van der Waals surface area contributed by atoms with Crippen LogP contribution in [0.25, 0.3) is 10.4 Å². The van der Waals surface area contributed by atoms with Gasteiger partial charge in [0.25, 0.3) is 0 Å². The van der Waals surface area contributed by atoms with Crippen molar-refractivity contribution in [1.29, 1.82) is 0 Å². The average molecular weight is 290 g/mol. The molecule has 0 aliphatic rings. The minimum absolute atomic E-state index is 0.646. The predicted octanol–water partition coefficient (Wildman–Crippen LogP) is 6.43. The summed E-state index contributed by atoms with van der Waals surface area (Å²) in [7, 11) is 0. The number of hydrogen-bond acceptors (Lipinski definition) is 2. The van der Waals surface area contributed by atoms with E-state index in [-0.39, 0.29) is 0 Å². The number of hydrogen-bond donors (Lipinski definition) is 0. The number of thiophene rings is 1. The van der Waals surface area contributed by atoms with Crippen LogP contribution in [0, 0.1) is 0 Å². The Labute approximate surface area is 125 Å². The SMILES string of the molecule is CCCCC(C)c1ccccc1-c1sccc1SC. The highest BCUT2D eigenvalue weighted by Gasteiger charge is 2.14. The van der Waals surface area contributed by atoms with E-state index in [0.717, 1.165) is 0 Å². The van der Waals surface area contributed by atoms with Crippen molar-refractivity contribution in [2.75, 3.05) is 6.26 Å². The molecule has 0 bridgehead atoms. The summed E-state index contributed by atoms with van der Waals surface area (Å²) in [5, 5.41) is 2.20. The van der Waals surface area contributed by atoms with Crippen LogP contribution in [0.2, 0.25) is 0 Å². The van der Waals surface area contributed by atoms with Crippen molar-refractivity contribution >= 4 is 23.1 Å². The van der Waals surface area contributed by atoms with Gasteiger partial charge in [-0.05, 0) is 41.2 Å². The molecule has 0 fully saturated rings. The van der Waals surface area contributed by atoms with Gasteiger partial charge in [0.1, 0.15) is 0 Å². The van der Waals surface area contributed by atoms with E-state index < -0.39 is 0 Å². The van der Waals surface area contributed by atoms with Gasteiger partial charge in [0.15, 0.2) is 0 Å². The van der Waals surface area contributed by atoms with Gasteiger partial charge in [-0.3, -0.25) is 0 Å². The molecule has 1 atom stereocenters. The molecule has 0 radical (unpaired) electrons. The minimum Gasteiger partial charge on any atom is -0.143 e. The highest BCUT2D eigenvalue weighted by Crippen LogP contribution is 2.39. The summed E-state index contributed by atoms with van der Waals surface area (Å²) in [4.78, 5) is 2.84. The van der Waals surface area contributed by atoms with Crippen LogP contribution >= 0.6 is 23.1 Å². The first-order valence-corrected chi connectivity index (χ1v) is 9.09. The molecule has 0 N–H and O–H groups in total. The van der Waals surface area contributed by atoms with Crippen LogP contribution < -0.4 is 0 Å². The van der Waals surface area contributed by atoms with Crippen molar-refractivity contribution in [3.05, 3.63) is 41.3 Å². The molecule has 19 heavy (non-hydrogen) atoms. The lowest BCUT2D eigenvalue weighted by Crippen LogP contribution is -1.96. The van der Waals surface area contributed by atoms with E-state index in [1.165, 1.54) is 40.2 Å². The molecule has 1 heterocycles. The quantitative estimate of drug-likeness (QED) is 0.552. The van der Waals surface area contributed by atoms with Gasteiger partial charge in [0.05, 0.1) is 0 Å². The van der Waals surface area contributed by atoms with E-state index in [1.807, 2.05) is 23.1 Å². The minimum atomic E-state index is 0.646. The third-order valence-electron chi connectivity index (χ3n) is 3.58. The van der Waals surface area contributed by atoms with Crippen molar-refractivity contribution in [3.63, 3.8) is 0 Å². The second-order valence-corrected chi connectivity index (χ2v) is 6.71. The molecular weight excluding hydrogens is 268 g/mol. The van der Waals surface area contributed by atoms with Gasteiger partial charge in [-0.1, -0.05) is 51.0 Å². The Kier molecular flexibility index (Phi) is 5.53. The molecule has 0 spiro atoms. The summed E-state index contributed by atoms with van der Waals surface area (Å²) in [6.45, 7) is 4.63. The molecule has 0 amide bonds. The molecule has 2 aromatic rings. The fourth-order valence-corrected chi connectivity index (χ4v) is 4.27. The Morgan fingerprint density at radius 1 is 1.21 bits per heavy atom. The number of unbranched alkanes of at least 4 members (excludes halogenated alkanes) is 1. The second kappa shape index (κ2) is 7.16. The lowest BCUT2D eigenvalue weighted by molar-refractivity contribution is 0.625. The standard InChI is InChI=1S/C17H22S2/c1-4-5-8-13(2)14-9-6-7-10-15(14)17-16(18-3)11-12-19-17/h6-7,9-13H,4-5,8H2,1-3H3. The van der Waals surface area contributed by atoms with Crippen LogP contribution in [0.15, 0.2) is 40.6 Å². The maximum atomic E-state index is 2.36. The Morgan fingerprint density at radius 3 is 2.74 bits per heavy atom. The van der Waals surface area contributed by atoms with Crippen LogP contribution in [0.1, 0.15) is 44.6 Å². The van der Waals surface area contributed by atoms with Crippen molar-refractivity contribution in [1.82, 2.24) is 0 Å². The van der Waals surface area contributed by atoms with Gasteiger partial charge in [-0.15, -0.1) is 23.1 Å². The topological polar surface area (TPSA) is 0 Å². The zero-order chi connectivity index (χ0) is 13.7. The average Bonchev–Trinajstić information content (AvgIpc) is 2.93. The Balaban J connectivity index is 2.36. The first-order chi connectivity index (χ1) is 9.27. The van der Waals surface area contributed by atoms with Gasteiger partial charge in [0, 0.05) is 9.77 Å². The molecule has 2 heteroatoms. The summed E-state index contributed by atoms with van der Waals surface area (Å²) < 4.78 is 0. The van der Waals surface area contributed by atoms with Crippen molar-refractivity contribution in [2.24, 2.45) is 0 Å². The second-order valence-electron chi connectivity index (χ2n) is 4.95. The Morgan fingerprint density at radius 2 is 2.00 bits per heavy atom. The molecule has 102 valence electrons. The number of rotatable bonds is 6. The molecule has 0 aliphatic heterocycles. The number of thioether (sulfide) groups is 1. The zero-order valence-electron chi connectivity index (χ0n) is 12.0. The van der Waals surface area contributed by atoms with E-state index >= 15 is 0 Å². The van der Waals surface area contributed by atoms with Gasteiger partial charge in [0.2, 0.25) is 0 Å². The highest BCUT2D eigenvalue weighted by atomic mass is 32.2. The molecule has 1 aromatic carbocycles. The first kappa shape index (κ1) is 14.7. The van der Waals surface area contributed by atoms with Gasteiger partial charge in [-0.25, -0.2) is 0 Å². The van der Waals surface area contributed by atoms with Crippen LogP contribution in [0.5, 0.6) is 0 Å². The zero-order valence-corrected chi connectivity index (χ0v) is 13.6. The first-order valence-electron chi connectivity index (χ1n) is 6.98. The van der Waals surface area contributed by atoms with Crippen molar-refractivity contribution < 1.29 is 0 Å². The smallest absolute Gasteiger partial charge is 0.0481 e. The van der Waals surface area contributed by atoms with E-state index in [4.69, 9.17) is 0 Å². The summed E-state index contributed by atoms with van der Waals surface area (Å²) >= 11 is 3.71. The molecule has 0 saturated heterocycles. The monoisotopic (exact) mass is 290 g/mol. The van der Waals surface area contributed by atoms with Crippen molar-refractivity contribution in [3.8, 4) is 10.4 Å². The van der Waals surface area contributed by atoms with Crippen LogP contribution in [0.3, 0.4) is 0 Å². The van der Waals surface area contributed by atoms with Crippen LogP contribution in [0.4, 0.5) is 0 Å². The molecule has 2 rings (SSSR count). The van der Waals surface area contributed by atoms with E-state index in [2.05, 4.69) is 55.8 Å². The van der Waals surface area contributed by atoms with Crippen molar-refractivity contribution in [2.45, 2.75) is 43.9 Å². The lowest BCUT2D eigenvalue weighted by Gasteiger charge is -2.16. The molecule has 1 unspecified atom stereocenters. The maximum absolute atomic E-state index is 2.36. The highest BCUT2D eigenvalue weighted by molar-refractivity contribution is 7.98. The van der Waals surface area contributed by atoms with Crippen LogP contribution in [-0.4, -0.2) is 6.26 Å². The summed E-state index contributed by atoms with van der Waals surface area (Å²) in [6.07, 6.45) is 6.04. The Bertz CT molecular complexity index is 513. The molecule has 0 saturated carbocycles. The van der Waals surface area contributed by atoms with Gasteiger partial charge < -0.3 is 0 Å². The fraction of sp³-hybridized carbons (Fsp3) is 0.412.